The summed E-state index contributed by atoms with van der Waals surface area (Å²) in [6.45, 7) is 10.1. The van der Waals surface area contributed by atoms with Gasteiger partial charge in [0.05, 0.1) is 24.9 Å². The smallest absolute Gasteiger partial charge is 0.169 e. The van der Waals surface area contributed by atoms with Gasteiger partial charge >= 0.3 is 0 Å². The summed E-state index contributed by atoms with van der Waals surface area (Å²) in [5, 5.41) is 22.3. The van der Waals surface area contributed by atoms with E-state index in [0.717, 1.165) is 22.9 Å². The van der Waals surface area contributed by atoms with Gasteiger partial charge in [0.15, 0.2) is 5.82 Å². The Morgan fingerprint density at radius 2 is 2.04 bits per heavy atom. The maximum absolute atomic E-state index is 9.50. The van der Waals surface area contributed by atoms with Gasteiger partial charge in [-0.3, -0.25) is 0 Å². The van der Waals surface area contributed by atoms with Crippen LogP contribution < -0.4 is 4.90 Å². The van der Waals surface area contributed by atoms with Crippen LogP contribution in [-0.2, 0) is 11.3 Å². The minimum atomic E-state index is -0.0338. The summed E-state index contributed by atoms with van der Waals surface area (Å²) in [4.78, 5) is 6.39. The second-order valence-electron chi connectivity index (χ2n) is 6.05. The Hall–Kier alpha value is -2.53. The highest BCUT2D eigenvalue weighted by Gasteiger charge is 2.26. The minimum absolute atomic E-state index is 0.0338. The lowest BCUT2D eigenvalue weighted by molar-refractivity contribution is 0.0266. The van der Waals surface area contributed by atoms with Gasteiger partial charge in [0.1, 0.15) is 23.3 Å². The molecule has 126 valence electrons. The molecule has 0 amide bonds. The van der Waals surface area contributed by atoms with Crippen molar-refractivity contribution >= 4 is 5.82 Å². The second-order valence-corrected chi connectivity index (χ2v) is 6.05. The van der Waals surface area contributed by atoms with E-state index in [1.165, 1.54) is 0 Å². The summed E-state index contributed by atoms with van der Waals surface area (Å²) >= 11 is 0. The normalized spacial score (nSPS) is 17.8. The Morgan fingerprint density at radius 3 is 2.71 bits per heavy atom. The first-order valence-corrected chi connectivity index (χ1v) is 7.98. The lowest BCUT2D eigenvalue weighted by Crippen LogP contribution is -2.45. The van der Waals surface area contributed by atoms with E-state index in [1.54, 1.807) is 0 Å². The molecule has 1 aliphatic rings. The largest absolute Gasteiger partial charge is 0.373 e. The van der Waals surface area contributed by atoms with E-state index in [4.69, 9.17) is 4.74 Å². The number of morpholine rings is 1. The molecule has 3 rings (SSSR count). The molecule has 8 heteroatoms. The Labute approximate surface area is 141 Å². The van der Waals surface area contributed by atoms with Gasteiger partial charge in [0, 0.05) is 13.1 Å². The Kier molecular flexibility index (Phi) is 4.44. The Bertz CT molecular complexity index is 792. The lowest BCUT2D eigenvalue weighted by Gasteiger charge is -2.34. The number of ether oxygens (including phenoxy) is 1. The molecule has 1 fully saturated rings. The minimum Gasteiger partial charge on any atom is -0.373 e. The third kappa shape index (κ3) is 3.08. The molecule has 1 saturated heterocycles. The van der Waals surface area contributed by atoms with Crippen molar-refractivity contribution < 1.29 is 4.74 Å². The van der Waals surface area contributed by atoms with Crippen LogP contribution in [0, 0.1) is 39.0 Å². The molecule has 1 aliphatic heterocycles. The van der Waals surface area contributed by atoms with Crippen LogP contribution in [0.25, 0.3) is 0 Å². The van der Waals surface area contributed by atoms with Gasteiger partial charge in [-0.2, -0.15) is 15.5 Å². The standard InChI is InChI=1S/C16H21N7O/c1-10-11(2)19-20-16(15(10)7-17)22-5-6-24-14(8-22)9-23-13(4)18-12(3)21-23/h14H,5-6,8-9H2,1-4H3/t14-/m1/s1. The summed E-state index contributed by atoms with van der Waals surface area (Å²) in [5.41, 5.74) is 2.26. The highest BCUT2D eigenvalue weighted by atomic mass is 16.5. The molecule has 2 aromatic rings. The molecule has 0 bridgehead atoms. The molecule has 2 aromatic heterocycles. The first-order valence-electron chi connectivity index (χ1n) is 7.98. The number of anilines is 1. The maximum Gasteiger partial charge on any atom is 0.169 e. The van der Waals surface area contributed by atoms with Crippen LogP contribution in [0.5, 0.6) is 0 Å². The molecule has 8 nitrogen and oxygen atoms in total. The number of hydrogen-bond donors (Lipinski definition) is 0. The van der Waals surface area contributed by atoms with Gasteiger partial charge in [-0.05, 0) is 33.3 Å². The van der Waals surface area contributed by atoms with Gasteiger partial charge in [-0.1, -0.05) is 0 Å². The predicted octanol–water partition coefficient (Wildman–Crippen LogP) is 1.08. The van der Waals surface area contributed by atoms with Crippen LogP contribution in [0.2, 0.25) is 0 Å². The summed E-state index contributed by atoms with van der Waals surface area (Å²) in [6.07, 6.45) is -0.0338. The fourth-order valence-electron chi connectivity index (χ4n) is 2.90. The molecule has 0 N–H and O–H groups in total. The number of aryl methyl sites for hydroxylation is 3. The van der Waals surface area contributed by atoms with Crippen LogP contribution in [-0.4, -0.2) is 50.8 Å². The van der Waals surface area contributed by atoms with Crippen molar-refractivity contribution in [3.8, 4) is 6.07 Å². The van der Waals surface area contributed by atoms with Crippen LogP contribution in [0.15, 0.2) is 0 Å². The summed E-state index contributed by atoms with van der Waals surface area (Å²) in [6, 6.07) is 2.27. The molecule has 24 heavy (non-hydrogen) atoms. The van der Waals surface area contributed by atoms with Crippen molar-refractivity contribution in [3.63, 3.8) is 0 Å². The third-order valence-corrected chi connectivity index (χ3v) is 4.33. The number of rotatable bonds is 3. The first kappa shape index (κ1) is 16.3. The van der Waals surface area contributed by atoms with E-state index >= 15 is 0 Å². The molecular weight excluding hydrogens is 306 g/mol. The fourth-order valence-corrected chi connectivity index (χ4v) is 2.90. The second kappa shape index (κ2) is 6.53. The summed E-state index contributed by atoms with van der Waals surface area (Å²) in [7, 11) is 0. The predicted molar refractivity (Wildman–Crippen MR) is 87.7 cm³/mol. The zero-order valence-corrected chi connectivity index (χ0v) is 14.4. The molecule has 0 aromatic carbocycles. The van der Waals surface area contributed by atoms with E-state index in [2.05, 4.69) is 31.2 Å². The average molecular weight is 327 g/mol. The van der Waals surface area contributed by atoms with Crippen molar-refractivity contribution in [3.05, 3.63) is 28.5 Å². The van der Waals surface area contributed by atoms with E-state index in [0.29, 0.717) is 37.6 Å². The topological polar surface area (TPSA) is 92.8 Å². The van der Waals surface area contributed by atoms with Crippen molar-refractivity contribution in [2.75, 3.05) is 24.6 Å². The van der Waals surface area contributed by atoms with E-state index < -0.39 is 0 Å². The average Bonchev–Trinajstić information content (AvgIpc) is 2.87. The van der Waals surface area contributed by atoms with Crippen LogP contribution in [0.3, 0.4) is 0 Å². The highest BCUT2D eigenvalue weighted by molar-refractivity contribution is 5.57. The molecule has 3 heterocycles. The summed E-state index contributed by atoms with van der Waals surface area (Å²) < 4.78 is 7.73. The van der Waals surface area contributed by atoms with Crippen molar-refractivity contribution in [1.29, 1.82) is 5.26 Å². The zero-order valence-electron chi connectivity index (χ0n) is 14.4. The van der Waals surface area contributed by atoms with Crippen LogP contribution in [0.1, 0.15) is 28.5 Å². The molecule has 0 radical (unpaired) electrons. The van der Waals surface area contributed by atoms with Gasteiger partial charge in [-0.15, -0.1) is 5.10 Å². The quantitative estimate of drug-likeness (QED) is 0.832. The first-order chi connectivity index (χ1) is 11.5. The zero-order chi connectivity index (χ0) is 17.3. The van der Waals surface area contributed by atoms with Gasteiger partial charge in [-0.25, -0.2) is 9.67 Å². The van der Waals surface area contributed by atoms with Crippen molar-refractivity contribution in [2.24, 2.45) is 0 Å². The van der Waals surface area contributed by atoms with Crippen molar-refractivity contribution in [1.82, 2.24) is 25.0 Å². The molecule has 0 saturated carbocycles. The van der Waals surface area contributed by atoms with Gasteiger partial charge in [0.2, 0.25) is 0 Å². The van der Waals surface area contributed by atoms with E-state index in [-0.39, 0.29) is 6.10 Å². The van der Waals surface area contributed by atoms with Gasteiger partial charge < -0.3 is 9.64 Å². The molecule has 1 atom stereocenters. The van der Waals surface area contributed by atoms with Crippen LogP contribution >= 0.6 is 0 Å². The number of nitrogens with zero attached hydrogens (tertiary/aromatic N) is 7. The van der Waals surface area contributed by atoms with E-state index in [1.807, 2.05) is 32.4 Å². The lowest BCUT2D eigenvalue weighted by atomic mass is 10.1. The van der Waals surface area contributed by atoms with Crippen LogP contribution in [0.4, 0.5) is 5.82 Å². The molecular formula is C16H21N7O. The van der Waals surface area contributed by atoms with Crippen molar-refractivity contribution in [2.45, 2.75) is 40.3 Å². The Balaban J connectivity index is 1.80. The number of nitriles is 1. The molecule has 0 unspecified atom stereocenters. The SMILES string of the molecule is Cc1nc(C)n(C[C@H]2CN(c3nnc(C)c(C)c3C#N)CCO2)n1. The molecule has 0 spiro atoms. The number of hydrogen-bond acceptors (Lipinski definition) is 7. The van der Waals surface area contributed by atoms with Gasteiger partial charge in [0.25, 0.3) is 0 Å². The number of aromatic nitrogens is 5. The third-order valence-electron chi connectivity index (χ3n) is 4.33. The summed E-state index contributed by atoms with van der Waals surface area (Å²) in [5.74, 6) is 2.27. The highest BCUT2D eigenvalue weighted by Crippen LogP contribution is 2.23. The monoisotopic (exact) mass is 327 g/mol. The maximum atomic E-state index is 9.50. The fraction of sp³-hybridized carbons (Fsp3) is 0.562. The van der Waals surface area contributed by atoms with E-state index in [9.17, 15) is 5.26 Å². The Morgan fingerprint density at radius 1 is 1.25 bits per heavy atom. The molecule has 0 aliphatic carbocycles.